The Kier molecular flexibility index (Phi) is 2.59. The Morgan fingerprint density at radius 1 is 1.12 bits per heavy atom. The molecule has 2 atom stereocenters. The van der Waals surface area contributed by atoms with Crippen molar-refractivity contribution in [2.75, 3.05) is 7.05 Å². The first kappa shape index (κ1) is 11.0. The first-order valence-electron chi connectivity index (χ1n) is 6.65. The van der Waals surface area contributed by atoms with Crippen molar-refractivity contribution in [1.82, 2.24) is 4.90 Å². The van der Waals surface area contributed by atoms with E-state index in [4.69, 9.17) is 0 Å². The molecule has 1 aromatic carbocycles. The molecular formula is C16H21N. The van der Waals surface area contributed by atoms with Crippen LogP contribution in [0.4, 0.5) is 0 Å². The molecule has 2 bridgehead atoms. The average Bonchev–Trinajstić information content (AvgIpc) is 2.55. The quantitative estimate of drug-likeness (QED) is 0.709. The highest BCUT2D eigenvalue weighted by Crippen LogP contribution is 2.37. The molecule has 1 nitrogen and oxygen atoms in total. The highest BCUT2D eigenvalue weighted by Gasteiger charge is 2.33. The molecule has 17 heavy (non-hydrogen) atoms. The standard InChI is InChI=1S/C16H21N/c1-11-4-5-13(8-12(11)2)14-9-15-6-7-16(10-14)17(15)3/h4-5,8-9,15-16H,6-7,10H2,1-3H3. The number of nitrogens with zero attached hydrogens (tertiary/aromatic N) is 1. The zero-order chi connectivity index (χ0) is 12.0. The van der Waals surface area contributed by atoms with Crippen LogP contribution in [-0.4, -0.2) is 24.0 Å². The third-order valence-electron chi connectivity index (χ3n) is 4.62. The molecular weight excluding hydrogens is 206 g/mol. The van der Waals surface area contributed by atoms with Crippen molar-refractivity contribution in [2.45, 2.75) is 45.2 Å². The van der Waals surface area contributed by atoms with E-state index in [1.54, 1.807) is 5.57 Å². The molecule has 90 valence electrons. The molecule has 0 amide bonds. The smallest absolute Gasteiger partial charge is 0.0284 e. The lowest BCUT2D eigenvalue weighted by atomic mass is 9.93. The van der Waals surface area contributed by atoms with Gasteiger partial charge < -0.3 is 0 Å². The summed E-state index contributed by atoms with van der Waals surface area (Å²) in [5.74, 6) is 0. The van der Waals surface area contributed by atoms with Gasteiger partial charge in [0.2, 0.25) is 0 Å². The maximum Gasteiger partial charge on any atom is 0.0284 e. The minimum atomic E-state index is 0.686. The van der Waals surface area contributed by atoms with Gasteiger partial charge in [0.1, 0.15) is 0 Å². The second-order valence-electron chi connectivity index (χ2n) is 5.66. The minimum absolute atomic E-state index is 0.686. The summed E-state index contributed by atoms with van der Waals surface area (Å²) in [7, 11) is 2.27. The largest absolute Gasteiger partial charge is 0.297 e. The SMILES string of the molecule is Cc1ccc(C2=CC3CCC(C2)N3C)cc1C. The number of benzene rings is 1. The molecule has 2 unspecified atom stereocenters. The van der Waals surface area contributed by atoms with Crippen LogP contribution in [0.5, 0.6) is 0 Å². The van der Waals surface area contributed by atoms with Crippen LogP contribution >= 0.6 is 0 Å². The van der Waals surface area contributed by atoms with Gasteiger partial charge >= 0.3 is 0 Å². The molecule has 0 spiro atoms. The Balaban J connectivity index is 1.95. The molecule has 0 saturated carbocycles. The number of likely N-dealkylation sites (N-methyl/N-ethyl adjacent to an activating group) is 1. The summed E-state index contributed by atoms with van der Waals surface area (Å²) in [5.41, 5.74) is 5.82. The van der Waals surface area contributed by atoms with E-state index in [1.807, 2.05) is 0 Å². The third kappa shape index (κ3) is 1.83. The van der Waals surface area contributed by atoms with Gasteiger partial charge in [-0.25, -0.2) is 0 Å². The molecule has 2 heterocycles. The van der Waals surface area contributed by atoms with Gasteiger partial charge in [0.25, 0.3) is 0 Å². The zero-order valence-corrected chi connectivity index (χ0v) is 11.0. The van der Waals surface area contributed by atoms with E-state index < -0.39 is 0 Å². The number of rotatable bonds is 1. The highest BCUT2D eigenvalue weighted by atomic mass is 15.2. The fourth-order valence-corrected chi connectivity index (χ4v) is 3.20. The molecule has 2 aliphatic rings. The Morgan fingerprint density at radius 3 is 2.65 bits per heavy atom. The van der Waals surface area contributed by atoms with Crippen LogP contribution in [0.25, 0.3) is 5.57 Å². The fraction of sp³-hybridized carbons (Fsp3) is 0.500. The van der Waals surface area contributed by atoms with Crippen LogP contribution in [0, 0.1) is 13.8 Å². The summed E-state index contributed by atoms with van der Waals surface area (Å²) in [6.45, 7) is 4.40. The summed E-state index contributed by atoms with van der Waals surface area (Å²) >= 11 is 0. The normalized spacial score (nSPS) is 28.3. The van der Waals surface area contributed by atoms with Gasteiger partial charge in [0, 0.05) is 12.1 Å². The number of aryl methyl sites for hydroxylation is 2. The average molecular weight is 227 g/mol. The Bertz CT molecular complexity index is 472. The van der Waals surface area contributed by atoms with E-state index in [-0.39, 0.29) is 0 Å². The van der Waals surface area contributed by atoms with Crippen molar-refractivity contribution in [3.05, 3.63) is 41.0 Å². The fourth-order valence-electron chi connectivity index (χ4n) is 3.20. The van der Waals surface area contributed by atoms with Gasteiger partial charge in [-0.15, -0.1) is 0 Å². The first-order chi connectivity index (χ1) is 8.15. The second-order valence-corrected chi connectivity index (χ2v) is 5.66. The molecule has 1 fully saturated rings. The Hall–Kier alpha value is -1.08. The van der Waals surface area contributed by atoms with E-state index >= 15 is 0 Å². The molecule has 0 N–H and O–H groups in total. The Labute approximate surface area is 104 Å². The third-order valence-corrected chi connectivity index (χ3v) is 4.62. The first-order valence-corrected chi connectivity index (χ1v) is 6.65. The van der Waals surface area contributed by atoms with E-state index in [9.17, 15) is 0 Å². The van der Waals surface area contributed by atoms with Crippen molar-refractivity contribution < 1.29 is 0 Å². The van der Waals surface area contributed by atoms with E-state index in [2.05, 4.69) is 50.1 Å². The minimum Gasteiger partial charge on any atom is -0.297 e. The van der Waals surface area contributed by atoms with E-state index in [0.717, 1.165) is 6.04 Å². The lowest BCUT2D eigenvalue weighted by Gasteiger charge is -2.30. The summed E-state index contributed by atoms with van der Waals surface area (Å²) in [6.07, 6.45) is 6.44. The van der Waals surface area contributed by atoms with E-state index in [0.29, 0.717) is 6.04 Å². The molecule has 0 radical (unpaired) electrons. The van der Waals surface area contributed by atoms with Crippen LogP contribution in [-0.2, 0) is 0 Å². The van der Waals surface area contributed by atoms with Gasteiger partial charge in [-0.1, -0.05) is 24.3 Å². The summed E-state index contributed by atoms with van der Waals surface area (Å²) in [4.78, 5) is 2.55. The van der Waals surface area contributed by atoms with Crippen molar-refractivity contribution >= 4 is 5.57 Å². The molecule has 2 aliphatic heterocycles. The number of fused-ring (bicyclic) bond motifs is 2. The molecule has 0 aromatic heterocycles. The predicted octanol–water partition coefficient (Wildman–Crippen LogP) is 3.55. The Morgan fingerprint density at radius 2 is 1.94 bits per heavy atom. The van der Waals surface area contributed by atoms with Gasteiger partial charge in [-0.05, 0) is 62.4 Å². The predicted molar refractivity (Wildman–Crippen MR) is 73.1 cm³/mol. The van der Waals surface area contributed by atoms with Gasteiger partial charge in [0.05, 0.1) is 0 Å². The molecule has 1 heteroatoms. The van der Waals surface area contributed by atoms with Gasteiger partial charge in [-0.3, -0.25) is 4.90 Å². The van der Waals surface area contributed by atoms with Gasteiger partial charge in [0.15, 0.2) is 0 Å². The van der Waals surface area contributed by atoms with Crippen molar-refractivity contribution in [3.63, 3.8) is 0 Å². The van der Waals surface area contributed by atoms with Gasteiger partial charge in [-0.2, -0.15) is 0 Å². The monoisotopic (exact) mass is 227 g/mol. The van der Waals surface area contributed by atoms with Crippen molar-refractivity contribution in [1.29, 1.82) is 0 Å². The summed E-state index contributed by atoms with van der Waals surface area (Å²) in [6, 6.07) is 8.36. The molecule has 1 aromatic rings. The lowest BCUT2D eigenvalue weighted by Crippen LogP contribution is -2.34. The number of hydrogen-bond donors (Lipinski definition) is 0. The van der Waals surface area contributed by atoms with Crippen LogP contribution < -0.4 is 0 Å². The van der Waals surface area contributed by atoms with Crippen molar-refractivity contribution in [2.24, 2.45) is 0 Å². The summed E-state index contributed by atoms with van der Waals surface area (Å²) in [5, 5.41) is 0. The van der Waals surface area contributed by atoms with Crippen molar-refractivity contribution in [3.8, 4) is 0 Å². The molecule has 3 rings (SSSR count). The topological polar surface area (TPSA) is 3.24 Å². The maximum atomic E-state index is 2.55. The van der Waals surface area contributed by atoms with Crippen LogP contribution in [0.1, 0.15) is 36.0 Å². The maximum absolute atomic E-state index is 2.55. The summed E-state index contributed by atoms with van der Waals surface area (Å²) < 4.78 is 0. The van der Waals surface area contributed by atoms with Crippen LogP contribution in [0.3, 0.4) is 0 Å². The second kappa shape index (κ2) is 3.99. The van der Waals surface area contributed by atoms with E-state index in [1.165, 1.54) is 36.0 Å². The highest BCUT2D eigenvalue weighted by molar-refractivity contribution is 5.69. The molecule has 1 saturated heterocycles. The zero-order valence-electron chi connectivity index (χ0n) is 11.0. The number of hydrogen-bond acceptors (Lipinski definition) is 1. The lowest BCUT2D eigenvalue weighted by molar-refractivity contribution is 0.264. The van der Waals surface area contributed by atoms with Crippen LogP contribution in [0.2, 0.25) is 0 Å². The molecule has 0 aliphatic carbocycles. The van der Waals surface area contributed by atoms with Crippen LogP contribution in [0.15, 0.2) is 24.3 Å².